The number of rotatable bonds is 8. The van der Waals surface area contributed by atoms with Gasteiger partial charge < -0.3 is 20.4 Å². The van der Waals surface area contributed by atoms with Gasteiger partial charge in [0.15, 0.2) is 5.76 Å². The van der Waals surface area contributed by atoms with Crippen LogP contribution in [0.15, 0.2) is 35.2 Å². The average molecular weight is 373 g/mol. The number of hydrogen-bond donors (Lipinski definition) is 3. The lowest BCUT2D eigenvalue weighted by atomic mass is 10.2. The van der Waals surface area contributed by atoms with Crippen molar-refractivity contribution < 1.29 is 18.8 Å². The van der Waals surface area contributed by atoms with Gasteiger partial charge in [0.05, 0.1) is 18.1 Å². The van der Waals surface area contributed by atoms with Crippen LogP contribution >= 0.6 is 0 Å². The summed E-state index contributed by atoms with van der Waals surface area (Å²) in [5.74, 6) is -0.505. The van der Waals surface area contributed by atoms with Crippen LogP contribution in [0.1, 0.15) is 42.7 Å². The molecular formula is C18H23N5O4. The number of amides is 3. The van der Waals surface area contributed by atoms with Crippen LogP contribution in [0.25, 0.3) is 0 Å². The van der Waals surface area contributed by atoms with E-state index >= 15 is 0 Å². The topological polar surface area (TPSA) is 118 Å². The Hall–Kier alpha value is -3.10. The fourth-order valence-corrected chi connectivity index (χ4v) is 3.01. The van der Waals surface area contributed by atoms with Crippen LogP contribution in [0.2, 0.25) is 0 Å². The first-order valence-corrected chi connectivity index (χ1v) is 9.03. The molecule has 2 aromatic heterocycles. The summed E-state index contributed by atoms with van der Waals surface area (Å²) in [6, 6.07) is 3.43. The molecule has 1 aliphatic rings. The summed E-state index contributed by atoms with van der Waals surface area (Å²) in [5.41, 5.74) is 0.506. The minimum Gasteiger partial charge on any atom is -0.459 e. The lowest BCUT2D eigenvalue weighted by molar-refractivity contribution is -0.122. The highest BCUT2D eigenvalue weighted by molar-refractivity contribution is 5.93. The van der Waals surface area contributed by atoms with E-state index in [4.69, 9.17) is 4.42 Å². The summed E-state index contributed by atoms with van der Waals surface area (Å²) in [7, 11) is 0. The zero-order chi connectivity index (χ0) is 19.1. The molecule has 1 aliphatic carbocycles. The summed E-state index contributed by atoms with van der Waals surface area (Å²) in [5, 5.41) is 12.4. The number of carbonyl (C=O) groups is 3. The summed E-state index contributed by atoms with van der Waals surface area (Å²) in [4.78, 5) is 35.6. The van der Waals surface area contributed by atoms with Gasteiger partial charge in [-0.15, -0.1) is 0 Å². The number of aromatic nitrogens is 2. The summed E-state index contributed by atoms with van der Waals surface area (Å²) >= 11 is 0. The molecule has 9 heteroatoms. The van der Waals surface area contributed by atoms with Gasteiger partial charge in [-0.2, -0.15) is 5.10 Å². The van der Waals surface area contributed by atoms with E-state index in [0.717, 1.165) is 25.7 Å². The van der Waals surface area contributed by atoms with Gasteiger partial charge in [-0.1, -0.05) is 12.8 Å². The number of hydrogen-bond acceptors (Lipinski definition) is 5. The van der Waals surface area contributed by atoms with E-state index in [2.05, 4.69) is 21.0 Å². The molecule has 27 heavy (non-hydrogen) atoms. The van der Waals surface area contributed by atoms with Gasteiger partial charge in [-0.25, -0.2) is 0 Å². The van der Waals surface area contributed by atoms with Gasteiger partial charge in [-0.05, 0) is 25.0 Å². The smallest absolute Gasteiger partial charge is 0.286 e. The molecule has 2 heterocycles. The number of nitrogens with one attached hydrogen (secondary N) is 3. The Morgan fingerprint density at radius 2 is 2.04 bits per heavy atom. The number of carbonyl (C=O) groups excluding carboxylic acids is 3. The summed E-state index contributed by atoms with van der Waals surface area (Å²) in [6.45, 7) is 0.300. The molecule has 0 radical (unpaired) electrons. The molecular weight excluding hydrogens is 350 g/mol. The molecule has 3 N–H and O–H groups in total. The van der Waals surface area contributed by atoms with Gasteiger partial charge >= 0.3 is 0 Å². The molecule has 0 aromatic carbocycles. The maximum atomic E-state index is 12.0. The third-order valence-electron chi connectivity index (χ3n) is 4.33. The molecule has 3 rings (SSSR count). The molecule has 0 atom stereocenters. The zero-order valence-electron chi connectivity index (χ0n) is 14.9. The van der Waals surface area contributed by atoms with Crippen LogP contribution in [0.3, 0.4) is 0 Å². The average Bonchev–Trinajstić information content (AvgIpc) is 3.37. The first kappa shape index (κ1) is 18.7. The van der Waals surface area contributed by atoms with Crippen LogP contribution in [0.5, 0.6) is 0 Å². The van der Waals surface area contributed by atoms with E-state index in [-0.39, 0.29) is 49.0 Å². The van der Waals surface area contributed by atoms with Gasteiger partial charge in [0, 0.05) is 25.2 Å². The van der Waals surface area contributed by atoms with Crippen molar-refractivity contribution in [3.63, 3.8) is 0 Å². The molecule has 0 unspecified atom stereocenters. The highest BCUT2D eigenvalue weighted by atomic mass is 16.3. The highest BCUT2D eigenvalue weighted by Crippen LogP contribution is 2.17. The Balaban J connectivity index is 1.37. The van der Waals surface area contributed by atoms with Crippen LogP contribution in [-0.4, -0.2) is 40.1 Å². The fourth-order valence-electron chi connectivity index (χ4n) is 3.01. The molecule has 0 spiro atoms. The predicted octanol–water partition coefficient (Wildman–Crippen LogP) is 1.29. The highest BCUT2D eigenvalue weighted by Gasteiger charge is 2.17. The third-order valence-corrected chi connectivity index (χ3v) is 4.33. The second-order valence-corrected chi connectivity index (χ2v) is 6.51. The van der Waals surface area contributed by atoms with Crippen molar-refractivity contribution in [1.29, 1.82) is 0 Å². The Labute approximate surface area is 156 Å². The summed E-state index contributed by atoms with van der Waals surface area (Å²) in [6.07, 6.45) is 8.99. The maximum absolute atomic E-state index is 12.0. The first-order valence-electron chi connectivity index (χ1n) is 9.03. The Morgan fingerprint density at radius 1 is 1.22 bits per heavy atom. The molecule has 1 fully saturated rings. The lowest BCUT2D eigenvalue weighted by Gasteiger charge is -2.11. The Morgan fingerprint density at radius 3 is 2.78 bits per heavy atom. The van der Waals surface area contributed by atoms with Crippen LogP contribution in [0.4, 0.5) is 5.69 Å². The van der Waals surface area contributed by atoms with E-state index in [1.54, 1.807) is 18.3 Å². The van der Waals surface area contributed by atoms with E-state index < -0.39 is 0 Å². The van der Waals surface area contributed by atoms with E-state index in [1.165, 1.54) is 17.1 Å². The second-order valence-electron chi connectivity index (χ2n) is 6.51. The molecule has 2 aromatic rings. The molecule has 9 nitrogen and oxygen atoms in total. The van der Waals surface area contributed by atoms with Crippen molar-refractivity contribution in [2.75, 3.05) is 11.9 Å². The molecule has 0 aliphatic heterocycles. The van der Waals surface area contributed by atoms with Crippen molar-refractivity contribution in [2.45, 2.75) is 44.7 Å². The van der Waals surface area contributed by atoms with Crippen LogP contribution < -0.4 is 16.0 Å². The van der Waals surface area contributed by atoms with Crippen molar-refractivity contribution >= 4 is 23.4 Å². The van der Waals surface area contributed by atoms with E-state index in [1.807, 2.05) is 0 Å². The minimum absolute atomic E-state index is 0.0801. The SMILES string of the molecule is O=C(CCNC(=O)c1ccco1)Nc1cnn(CC(=O)NC2CCCC2)c1. The zero-order valence-corrected chi connectivity index (χ0v) is 14.9. The molecule has 0 saturated heterocycles. The molecule has 0 bridgehead atoms. The Kier molecular flexibility index (Phi) is 6.24. The minimum atomic E-state index is -0.367. The van der Waals surface area contributed by atoms with Crippen molar-refractivity contribution in [2.24, 2.45) is 0 Å². The number of anilines is 1. The second kappa shape index (κ2) is 9.02. The standard InChI is InChI=1S/C18H23N5O4/c24-16(7-8-19-18(26)15-6-3-9-27-15)22-14-10-20-23(11-14)12-17(25)21-13-4-1-2-5-13/h3,6,9-11,13H,1-2,4-5,7-8,12H2,(H,19,26)(H,21,25)(H,22,24). The van der Waals surface area contributed by atoms with Gasteiger partial charge in [0.25, 0.3) is 5.91 Å². The van der Waals surface area contributed by atoms with Crippen molar-refractivity contribution in [3.05, 3.63) is 36.5 Å². The Bertz CT molecular complexity index is 778. The predicted molar refractivity (Wildman–Crippen MR) is 96.9 cm³/mol. The van der Waals surface area contributed by atoms with Gasteiger partial charge in [-0.3, -0.25) is 19.1 Å². The lowest BCUT2D eigenvalue weighted by Crippen LogP contribution is -2.35. The molecule has 3 amide bonds. The van der Waals surface area contributed by atoms with Crippen molar-refractivity contribution in [1.82, 2.24) is 20.4 Å². The number of nitrogens with zero attached hydrogens (tertiary/aromatic N) is 2. The largest absolute Gasteiger partial charge is 0.459 e. The first-order chi connectivity index (χ1) is 13.1. The van der Waals surface area contributed by atoms with Crippen LogP contribution in [-0.2, 0) is 16.1 Å². The van der Waals surface area contributed by atoms with E-state index in [9.17, 15) is 14.4 Å². The quantitative estimate of drug-likeness (QED) is 0.644. The normalized spacial score (nSPS) is 14.1. The molecule has 144 valence electrons. The maximum Gasteiger partial charge on any atom is 0.286 e. The van der Waals surface area contributed by atoms with Gasteiger partial charge in [0.1, 0.15) is 6.54 Å². The van der Waals surface area contributed by atoms with Crippen molar-refractivity contribution in [3.8, 4) is 0 Å². The number of furan rings is 1. The monoisotopic (exact) mass is 373 g/mol. The van der Waals surface area contributed by atoms with Gasteiger partial charge in [0.2, 0.25) is 11.8 Å². The summed E-state index contributed by atoms with van der Waals surface area (Å²) < 4.78 is 6.45. The van der Waals surface area contributed by atoms with Crippen LogP contribution in [0, 0.1) is 0 Å². The third kappa shape index (κ3) is 5.70. The fraction of sp³-hybridized carbons (Fsp3) is 0.444. The van der Waals surface area contributed by atoms with E-state index in [0.29, 0.717) is 5.69 Å². The molecule has 1 saturated carbocycles.